The molecule has 0 spiro atoms. The Bertz CT molecular complexity index is 432. The van der Waals surface area contributed by atoms with Gasteiger partial charge in [0.05, 0.1) is 7.11 Å². The first-order chi connectivity index (χ1) is 9.72. The Morgan fingerprint density at radius 2 is 2.00 bits per heavy atom. The summed E-state index contributed by atoms with van der Waals surface area (Å²) in [5, 5.41) is 12.1. The van der Waals surface area contributed by atoms with Crippen molar-refractivity contribution in [3.8, 4) is 11.5 Å². The van der Waals surface area contributed by atoms with Gasteiger partial charge in [-0.3, -0.25) is 4.79 Å². The van der Waals surface area contributed by atoms with E-state index in [9.17, 15) is 9.90 Å². The van der Waals surface area contributed by atoms with Crippen molar-refractivity contribution in [3.63, 3.8) is 0 Å². The molecule has 1 aliphatic carbocycles. The Labute approximate surface area is 118 Å². The molecule has 2 atom stereocenters. The summed E-state index contributed by atoms with van der Waals surface area (Å²) in [5.74, 6) is 1.41. The maximum atomic E-state index is 11.8. The fraction of sp³-hybridized carbons (Fsp3) is 0.533. The van der Waals surface area contributed by atoms with E-state index in [0.717, 1.165) is 25.0 Å². The van der Waals surface area contributed by atoms with Crippen LogP contribution in [0.25, 0.3) is 0 Å². The lowest BCUT2D eigenvalue weighted by Gasteiger charge is -2.19. The van der Waals surface area contributed by atoms with Crippen LogP contribution in [0.15, 0.2) is 24.3 Å². The van der Waals surface area contributed by atoms with Crippen molar-refractivity contribution in [2.75, 3.05) is 20.3 Å². The third-order valence-corrected chi connectivity index (χ3v) is 3.67. The molecule has 0 saturated heterocycles. The number of nitrogens with one attached hydrogen (secondary N) is 1. The maximum Gasteiger partial charge on any atom is 0.258 e. The Morgan fingerprint density at radius 1 is 1.30 bits per heavy atom. The maximum absolute atomic E-state index is 11.8. The standard InChI is InChI=1S/C15H21NO4/c1-19-12-5-7-13(8-6-12)20-10-15(18)16-14-4-2-3-11(14)9-17/h5-8,11,14,17H,2-4,9-10H2,1H3,(H,16,18). The minimum atomic E-state index is -0.147. The number of aliphatic hydroxyl groups is 1. The van der Waals surface area contributed by atoms with Gasteiger partial charge in [-0.15, -0.1) is 0 Å². The van der Waals surface area contributed by atoms with Gasteiger partial charge in [0.25, 0.3) is 5.91 Å². The quantitative estimate of drug-likeness (QED) is 0.825. The second kappa shape index (κ2) is 7.14. The topological polar surface area (TPSA) is 67.8 Å². The molecule has 1 fully saturated rings. The molecule has 20 heavy (non-hydrogen) atoms. The number of rotatable bonds is 6. The first kappa shape index (κ1) is 14.7. The summed E-state index contributed by atoms with van der Waals surface area (Å²) in [6.07, 6.45) is 2.95. The average molecular weight is 279 g/mol. The van der Waals surface area contributed by atoms with Gasteiger partial charge >= 0.3 is 0 Å². The van der Waals surface area contributed by atoms with Crippen LogP contribution in [0.1, 0.15) is 19.3 Å². The van der Waals surface area contributed by atoms with E-state index in [0.29, 0.717) is 5.75 Å². The number of ether oxygens (including phenoxy) is 2. The van der Waals surface area contributed by atoms with Gasteiger partial charge in [-0.2, -0.15) is 0 Å². The summed E-state index contributed by atoms with van der Waals surface area (Å²) in [6.45, 7) is 0.116. The molecule has 0 bridgehead atoms. The van der Waals surface area contributed by atoms with Crippen LogP contribution < -0.4 is 14.8 Å². The molecule has 0 heterocycles. The van der Waals surface area contributed by atoms with Crippen LogP contribution in [-0.2, 0) is 4.79 Å². The van der Waals surface area contributed by atoms with Gasteiger partial charge in [-0.25, -0.2) is 0 Å². The lowest BCUT2D eigenvalue weighted by Crippen LogP contribution is -2.40. The van der Waals surface area contributed by atoms with E-state index in [1.807, 2.05) is 0 Å². The summed E-state index contributed by atoms with van der Waals surface area (Å²) < 4.78 is 10.5. The number of hydrogen-bond donors (Lipinski definition) is 2. The van der Waals surface area contributed by atoms with Crippen molar-refractivity contribution in [1.82, 2.24) is 5.32 Å². The number of carbonyl (C=O) groups is 1. The van der Waals surface area contributed by atoms with Crippen LogP contribution in [-0.4, -0.2) is 37.4 Å². The van der Waals surface area contributed by atoms with E-state index < -0.39 is 0 Å². The van der Waals surface area contributed by atoms with Gasteiger partial charge in [-0.1, -0.05) is 6.42 Å². The second-order valence-electron chi connectivity index (χ2n) is 5.01. The number of methoxy groups -OCH3 is 1. The molecule has 5 heteroatoms. The lowest BCUT2D eigenvalue weighted by atomic mass is 10.1. The molecule has 0 radical (unpaired) electrons. The van der Waals surface area contributed by atoms with Crippen LogP contribution in [0.3, 0.4) is 0 Å². The molecule has 2 unspecified atom stereocenters. The van der Waals surface area contributed by atoms with Crippen LogP contribution in [0, 0.1) is 5.92 Å². The van der Waals surface area contributed by atoms with E-state index in [1.165, 1.54) is 0 Å². The minimum Gasteiger partial charge on any atom is -0.497 e. The molecular weight excluding hydrogens is 258 g/mol. The Morgan fingerprint density at radius 3 is 2.65 bits per heavy atom. The van der Waals surface area contributed by atoms with Crippen LogP contribution >= 0.6 is 0 Å². The van der Waals surface area contributed by atoms with Crippen molar-refractivity contribution in [3.05, 3.63) is 24.3 Å². The van der Waals surface area contributed by atoms with Gasteiger partial charge in [0.2, 0.25) is 0 Å². The predicted octanol–water partition coefficient (Wildman–Crippen LogP) is 1.35. The molecule has 5 nitrogen and oxygen atoms in total. The minimum absolute atomic E-state index is 0.0129. The van der Waals surface area contributed by atoms with Crippen LogP contribution in [0.5, 0.6) is 11.5 Å². The highest BCUT2D eigenvalue weighted by Gasteiger charge is 2.27. The molecule has 2 rings (SSSR count). The molecule has 1 aromatic rings. The summed E-state index contributed by atoms with van der Waals surface area (Å²) in [6, 6.07) is 7.17. The molecule has 1 aromatic carbocycles. The van der Waals surface area contributed by atoms with Crippen molar-refractivity contribution in [2.24, 2.45) is 5.92 Å². The van der Waals surface area contributed by atoms with E-state index in [-0.39, 0.29) is 31.1 Å². The molecule has 0 aliphatic heterocycles. The average Bonchev–Trinajstić information content (AvgIpc) is 2.92. The summed E-state index contributed by atoms with van der Waals surface area (Å²) >= 11 is 0. The summed E-state index contributed by atoms with van der Waals surface area (Å²) in [4.78, 5) is 11.8. The molecular formula is C15H21NO4. The van der Waals surface area contributed by atoms with E-state index in [4.69, 9.17) is 9.47 Å². The number of benzene rings is 1. The third kappa shape index (κ3) is 3.87. The molecule has 1 aliphatic rings. The third-order valence-electron chi connectivity index (χ3n) is 3.67. The van der Waals surface area contributed by atoms with Gasteiger partial charge in [0.15, 0.2) is 6.61 Å². The largest absolute Gasteiger partial charge is 0.497 e. The molecule has 1 saturated carbocycles. The number of hydrogen-bond acceptors (Lipinski definition) is 4. The summed E-state index contributed by atoms with van der Waals surface area (Å²) in [5.41, 5.74) is 0. The Hall–Kier alpha value is -1.75. The highest BCUT2D eigenvalue weighted by Crippen LogP contribution is 2.25. The molecule has 2 N–H and O–H groups in total. The Balaban J connectivity index is 1.76. The number of amides is 1. The Kier molecular flexibility index (Phi) is 5.24. The van der Waals surface area contributed by atoms with E-state index >= 15 is 0 Å². The SMILES string of the molecule is COc1ccc(OCC(=O)NC2CCCC2CO)cc1. The summed E-state index contributed by atoms with van der Waals surface area (Å²) in [7, 11) is 1.60. The highest BCUT2D eigenvalue weighted by molar-refractivity contribution is 5.77. The second-order valence-corrected chi connectivity index (χ2v) is 5.01. The lowest BCUT2D eigenvalue weighted by molar-refractivity contribution is -0.124. The smallest absolute Gasteiger partial charge is 0.258 e. The van der Waals surface area contributed by atoms with Gasteiger partial charge < -0.3 is 19.9 Å². The van der Waals surface area contributed by atoms with Crippen molar-refractivity contribution in [2.45, 2.75) is 25.3 Å². The van der Waals surface area contributed by atoms with Crippen LogP contribution in [0.2, 0.25) is 0 Å². The molecule has 110 valence electrons. The van der Waals surface area contributed by atoms with E-state index in [1.54, 1.807) is 31.4 Å². The zero-order chi connectivity index (χ0) is 14.4. The fourth-order valence-corrected chi connectivity index (χ4v) is 2.51. The highest BCUT2D eigenvalue weighted by atomic mass is 16.5. The van der Waals surface area contributed by atoms with Gasteiger partial charge in [-0.05, 0) is 37.1 Å². The van der Waals surface area contributed by atoms with Crippen molar-refractivity contribution >= 4 is 5.91 Å². The number of aliphatic hydroxyl groups excluding tert-OH is 1. The van der Waals surface area contributed by atoms with Crippen LogP contribution in [0.4, 0.5) is 0 Å². The molecule has 0 aromatic heterocycles. The van der Waals surface area contributed by atoms with Crippen molar-refractivity contribution in [1.29, 1.82) is 0 Å². The first-order valence-electron chi connectivity index (χ1n) is 6.90. The van der Waals surface area contributed by atoms with Gasteiger partial charge in [0, 0.05) is 18.6 Å². The normalized spacial score (nSPS) is 21.5. The first-order valence-corrected chi connectivity index (χ1v) is 6.90. The van der Waals surface area contributed by atoms with Crippen molar-refractivity contribution < 1.29 is 19.4 Å². The zero-order valence-corrected chi connectivity index (χ0v) is 11.7. The fourth-order valence-electron chi connectivity index (χ4n) is 2.51. The van der Waals surface area contributed by atoms with Gasteiger partial charge in [0.1, 0.15) is 11.5 Å². The van der Waals surface area contributed by atoms with E-state index in [2.05, 4.69) is 5.32 Å². The monoisotopic (exact) mass is 279 g/mol. The number of carbonyl (C=O) groups excluding carboxylic acids is 1. The molecule has 1 amide bonds. The zero-order valence-electron chi connectivity index (χ0n) is 11.7. The predicted molar refractivity (Wildman–Crippen MR) is 74.8 cm³/mol.